The minimum atomic E-state index is -1.64. The van der Waals surface area contributed by atoms with E-state index in [9.17, 15) is 24.3 Å². The van der Waals surface area contributed by atoms with E-state index < -0.39 is 48.3 Å². The van der Waals surface area contributed by atoms with E-state index in [2.05, 4.69) is 15.6 Å². The molecule has 0 aliphatic rings. The van der Waals surface area contributed by atoms with Crippen molar-refractivity contribution in [2.24, 2.45) is 5.73 Å². The number of hydrogen-bond donors (Lipinski definition) is 6. The molecular formula is C24H26N4O6. The highest BCUT2D eigenvalue weighted by atomic mass is 16.4. The van der Waals surface area contributed by atoms with Crippen molar-refractivity contribution in [3.63, 3.8) is 0 Å². The number of carboxylic acids is 2. The maximum atomic E-state index is 12.9. The molecule has 0 radical (unpaired) electrons. The number of aromatic nitrogens is 1. The number of carbonyl (C=O) groups excluding carboxylic acids is 2. The summed E-state index contributed by atoms with van der Waals surface area (Å²) in [5.74, 6) is -4.27. The van der Waals surface area contributed by atoms with Crippen LogP contribution in [-0.4, -0.2) is 57.1 Å². The number of H-pyrrole nitrogens is 1. The van der Waals surface area contributed by atoms with Crippen LogP contribution >= 0.6 is 0 Å². The van der Waals surface area contributed by atoms with Gasteiger partial charge in [-0.25, -0.2) is 4.79 Å². The van der Waals surface area contributed by atoms with Crippen LogP contribution in [0.5, 0.6) is 0 Å². The van der Waals surface area contributed by atoms with Gasteiger partial charge < -0.3 is 31.6 Å². The highest BCUT2D eigenvalue weighted by molar-refractivity contribution is 5.93. The number of aromatic amines is 1. The number of aliphatic carboxylic acids is 2. The van der Waals surface area contributed by atoms with Crippen molar-refractivity contribution in [2.75, 3.05) is 0 Å². The van der Waals surface area contributed by atoms with Crippen LogP contribution in [0.15, 0.2) is 60.8 Å². The normalized spacial score (nSPS) is 13.6. The lowest BCUT2D eigenvalue weighted by atomic mass is 10.0. The fourth-order valence-electron chi connectivity index (χ4n) is 3.61. The Morgan fingerprint density at radius 1 is 0.853 bits per heavy atom. The van der Waals surface area contributed by atoms with Crippen molar-refractivity contribution >= 4 is 34.7 Å². The van der Waals surface area contributed by atoms with Gasteiger partial charge in [-0.2, -0.15) is 0 Å². The van der Waals surface area contributed by atoms with E-state index in [1.165, 1.54) is 0 Å². The Kier molecular flexibility index (Phi) is 7.99. The predicted molar refractivity (Wildman–Crippen MR) is 124 cm³/mol. The van der Waals surface area contributed by atoms with Crippen LogP contribution in [0.25, 0.3) is 10.9 Å². The molecule has 0 aliphatic heterocycles. The van der Waals surface area contributed by atoms with Crippen LogP contribution in [0.3, 0.4) is 0 Å². The van der Waals surface area contributed by atoms with Gasteiger partial charge in [0.25, 0.3) is 0 Å². The van der Waals surface area contributed by atoms with Gasteiger partial charge in [0.15, 0.2) is 0 Å². The Morgan fingerprint density at radius 2 is 1.50 bits per heavy atom. The maximum Gasteiger partial charge on any atom is 0.326 e. The number of rotatable bonds is 11. The van der Waals surface area contributed by atoms with E-state index in [0.29, 0.717) is 0 Å². The van der Waals surface area contributed by atoms with Crippen LogP contribution in [0.2, 0.25) is 0 Å². The molecule has 0 spiro atoms. The van der Waals surface area contributed by atoms with Crippen molar-refractivity contribution in [2.45, 2.75) is 37.4 Å². The number of carboxylic acid groups (broad SMARTS) is 2. The lowest BCUT2D eigenvalue weighted by molar-refractivity contribution is -0.147. The number of fused-ring (bicyclic) bond motifs is 1. The Hall–Kier alpha value is -4.18. The fraction of sp³-hybridized carbons (Fsp3) is 0.250. The quantitative estimate of drug-likeness (QED) is 0.242. The van der Waals surface area contributed by atoms with E-state index in [0.717, 1.165) is 22.0 Å². The second-order valence-corrected chi connectivity index (χ2v) is 7.92. The Bertz CT molecular complexity index is 1180. The number of para-hydroxylation sites is 1. The van der Waals surface area contributed by atoms with Gasteiger partial charge in [0.2, 0.25) is 11.8 Å². The zero-order valence-electron chi connectivity index (χ0n) is 18.2. The molecule has 1 heterocycles. The van der Waals surface area contributed by atoms with Crippen LogP contribution < -0.4 is 16.4 Å². The van der Waals surface area contributed by atoms with Crippen molar-refractivity contribution in [3.05, 3.63) is 71.9 Å². The van der Waals surface area contributed by atoms with E-state index in [-0.39, 0.29) is 12.8 Å². The molecule has 3 rings (SSSR count). The third-order valence-electron chi connectivity index (χ3n) is 5.36. The monoisotopic (exact) mass is 466 g/mol. The first-order valence-electron chi connectivity index (χ1n) is 10.6. The molecule has 0 unspecified atom stereocenters. The molecule has 3 aromatic rings. The summed E-state index contributed by atoms with van der Waals surface area (Å²) in [4.78, 5) is 51.2. The van der Waals surface area contributed by atoms with E-state index >= 15 is 0 Å². The summed E-state index contributed by atoms with van der Waals surface area (Å²) in [5, 5.41) is 23.9. The molecular weight excluding hydrogens is 440 g/mol. The van der Waals surface area contributed by atoms with E-state index in [1.54, 1.807) is 36.5 Å². The third kappa shape index (κ3) is 6.42. The van der Waals surface area contributed by atoms with Crippen molar-refractivity contribution in [1.29, 1.82) is 0 Å². The first kappa shape index (κ1) is 24.5. The minimum absolute atomic E-state index is 0.0671. The minimum Gasteiger partial charge on any atom is -0.481 e. The Balaban J connectivity index is 1.74. The maximum absolute atomic E-state index is 12.9. The molecule has 10 heteroatoms. The summed E-state index contributed by atoms with van der Waals surface area (Å²) < 4.78 is 0. The predicted octanol–water partition coefficient (Wildman–Crippen LogP) is 0.809. The molecule has 0 saturated carbocycles. The van der Waals surface area contributed by atoms with Gasteiger partial charge in [0, 0.05) is 23.5 Å². The van der Waals surface area contributed by atoms with E-state index in [4.69, 9.17) is 10.8 Å². The topological polar surface area (TPSA) is 175 Å². The van der Waals surface area contributed by atoms with Gasteiger partial charge in [-0.3, -0.25) is 14.4 Å². The van der Waals surface area contributed by atoms with Gasteiger partial charge in [-0.15, -0.1) is 0 Å². The molecule has 7 N–H and O–H groups in total. The summed E-state index contributed by atoms with van der Waals surface area (Å²) in [6, 6.07) is 12.6. The largest absolute Gasteiger partial charge is 0.481 e. The Morgan fingerprint density at radius 3 is 2.18 bits per heavy atom. The average Bonchev–Trinajstić information content (AvgIpc) is 3.21. The van der Waals surface area contributed by atoms with Gasteiger partial charge in [-0.05, 0) is 23.6 Å². The molecule has 0 bridgehead atoms. The molecule has 0 aliphatic carbocycles. The standard InChI is InChI=1S/C24H26N4O6/c25-17(11-15-13-26-18-9-5-4-8-16(15)18)22(31)27-19(10-14-6-2-1-3-7-14)23(32)28-20(24(33)34)12-21(29)30/h1-9,13,17,19-20,26H,10-12,25H2,(H,27,31)(H,28,32)(H,29,30)(H,33,34)/t17-,19-,20-/m0/s1. The van der Waals surface area contributed by atoms with Crippen molar-refractivity contribution in [3.8, 4) is 0 Å². The summed E-state index contributed by atoms with van der Waals surface area (Å²) >= 11 is 0. The summed E-state index contributed by atoms with van der Waals surface area (Å²) in [6.07, 6.45) is 1.26. The molecule has 10 nitrogen and oxygen atoms in total. The van der Waals surface area contributed by atoms with Crippen molar-refractivity contribution < 1.29 is 29.4 Å². The van der Waals surface area contributed by atoms with Crippen LogP contribution in [0, 0.1) is 0 Å². The lowest BCUT2D eigenvalue weighted by Crippen LogP contribution is -2.55. The molecule has 3 atom stereocenters. The second-order valence-electron chi connectivity index (χ2n) is 7.92. The highest BCUT2D eigenvalue weighted by Crippen LogP contribution is 2.19. The molecule has 2 amide bonds. The number of carbonyl (C=O) groups is 4. The van der Waals surface area contributed by atoms with E-state index in [1.807, 2.05) is 24.3 Å². The highest BCUT2D eigenvalue weighted by Gasteiger charge is 2.29. The van der Waals surface area contributed by atoms with Crippen LogP contribution in [-0.2, 0) is 32.0 Å². The molecule has 0 fully saturated rings. The second kappa shape index (κ2) is 11.1. The number of amides is 2. The van der Waals surface area contributed by atoms with Gasteiger partial charge in [-0.1, -0.05) is 48.5 Å². The van der Waals surface area contributed by atoms with Gasteiger partial charge in [0.1, 0.15) is 12.1 Å². The molecule has 2 aromatic carbocycles. The first-order valence-corrected chi connectivity index (χ1v) is 10.6. The number of hydrogen-bond acceptors (Lipinski definition) is 5. The number of benzene rings is 2. The lowest BCUT2D eigenvalue weighted by Gasteiger charge is -2.22. The zero-order valence-corrected chi connectivity index (χ0v) is 18.2. The van der Waals surface area contributed by atoms with Crippen LogP contribution in [0.4, 0.5) is 0 Å². The molecule has 0 saturated heterocycles. The number of nitrogens with two attached hydrogens (primary N) is 1. The first-order chi connectivity index (χ1) is 16.2. The fourth-order valence-corrected chi connectivity index (χ4v) is 3.61. The smallest absolute Gasteiger partial charge is 0.326 e. The summed E-state index contributed by atoms with van der Waals surface area (Å²) in [6.45, 7) is 0. The zero-order chi connectivity index (χ0) is 24.7. The van der Waals surface area contributed by atoms with Gasteiger partial charge in [0.05, 0.1) is 12.5 Å². The summed E-state index contributed by atoms with van der Waals surface area (Å²) in [7, 11) is 0. The molecule has 1 aromatic heterocycles. The molecule has 34 heavy (non-hydrogen) atoms. The summed E-state index contributed by atoms with van der Waals surface area (Å²) in [5.41, 5.74) is 8.60. The number of nitrogens with one attached hydrogen (secondary N) is 3. The van der Waals surface area contributed by atoms with Crippen LogP contribution in [0.1, 0.15) is 17.5 Å². The third-order valence-corrected chi connectivity index (χ3v) is 5.36. The Labute approximate surface area is 195 Å². The van der Waals surface area contributed by atoms with Gasteiger partial charge >= 0.3 is 11.9 Å². The molecule has 178 valence electrons. The van der Waals surface area contributed by atoms with Crippen molar-refractivity contribution in [1.82, 2.24) is 15.6 Å². The SMILES string of the molecule is N[C@@H](Cc1c[nH]c2ccccc12)C(=O)N[C@@H](Cc1ccccc1)C(=O)N[C@@H](CC(=O)O)C(=O)O. The average molecular weight is 466 g/mol.